The molecule has 4 nitrogen and oxygen atoms in total. The Morgan fingerprint density at radius 2 is 2.00 bits per heavy atom. The summed E-state index contributed by atoms with van der Waals surface area (Å²) in [5.74, 6) is -1.18. The van der Waals surface area contributed by atoms with E-state index in [1.54, 1.807) is 13.8 Å². The number of nitrogens with zero attached hydrogens (tertiary/aromatic N) is 1. The number of carboxylic acid groups (broad SMARTS) is 1. The second-order valence-electron chi connectivity index (χ2n) is 4.42. The molecule has 0 heterocycles. The van der Waals surface area contributed by atoms with Crippen LogP contribution in [-0.2, 0) is 4.79 Å². The van der Waals surface area contributed by atoms with Crippen LogP contribution in [0.5, 0.6) is 0 Å². The van der Waals surface area contributed by atoms with E-state index < -0.39 is 17.5 Å². The largest absolute Gasteiger partial charge is 0.481 e. The molecule has 0 aromatic rings. The number of hydrogen-bond donors (Lipinski definition) is 2. The van der Waals surface area contributed by atoms with Crippen molar-refractivity contribution in [3.63, 3.8) is 0 Å². The Hall–Kier alpha value is -0.610. The molecule has 0 aromatic heterocycles. The predicted octanol–water partition coefficient (Wildman–Crippen LogP) is 1.19. The van der Waals surface area contributed by atoms with Crippen LogP contribution >= 0.6 is 0 Å². The first-order chi connectivity index (χ1) is 6.82. The third-order valence-electron chi connectivity index (χ3n) is 2.73. The minimum absolute atomic E-state index is 0.391. The third kappa shape index (κ3) is 5.74. The van der Waals surface area contributed by atoms with Gasteiger partial charge < -0.3 is 10.2 Å². The Bertz CT molecular complexity index is 204. The Morgan fingerprint density at radius 1 is 1.47 bits per heavy atom. The van der Waals surface area contributed by atoms with Gasteiger partial charge in [-0.2, -0.15) is 0 Å². The van der Waals surface area contributed by atoms with Crippen LogP contribution in [0.25, 0.3) is 0 Å². The van der Waals surface area contributed by atoms with Crippen LogP contribution in [0.4, 0.5) is 0 Å². The lowest BCUT2D eigenvalue weighted by Crippen LogP contribution is -2.43. The highest BCUT2D eigenvalue weighted by molar-refractivity contribution is 5.69. The normalized spacial score (nSPS) is 17.5. The lowest BCUT2D eigenvalue weighted by molar-refractivity contribution is -0.142. The molecule has 0 radical (unpaired) electrons. The fourth-order valence-electron chi connectivity index (χ4n) is 1.36. The number of aliphatic hydroxyl groups is 1. The fraction of sp³-hybridized carbons (Fsp3) is 0.909. The minimum Gasteiger partial charge on any atom is -0.481 e. The lowest BCUT2D eigenvalue weighted by atomic mass is 10.0. The molecule has 0 rings (SSSR count). The molecule has 15 heavy (non-hydrogen) atoms. The highest BCUT2D eigenvalue weighted by Crippen LogP contribution is 2.12. The maximum absolute atomic E-state index is 10.7. The van der Waals surface area contributed by atoms with Gasteiger partial charge in [-0.3, -0.25) is 9.69 Å². The third-order valence-corrected chi connectivity index (χ3v) is 2.73. The zero-order valence-electron chi connectivity index (χ0n) is 10.2. The SMILES string of the molecule is CCN(CC(C)C(=O)O)CC(C)(O)CC. The van der Waals surface area contributed by atoms with Crippen molar-refractivity contribution in [2.45, 2.75) is 39.7 Å². The van der Waals surface area contributed by atoms with Crippen molar-refractivity contribution in [2.75, 3.05) is 19.6 Å². The second-order valence-corrected chi connectivity index (χ2v) is 4.42. The van der Waals surface area contributed by atoms with Crippen LogP contribution in [0.2, 0.25) is 0 Å². The van der Waals surface area contributed by atoms with E-state index in [2.05, 4.69) is 0 Å². The summed E-state index contributed by atoms with van der Waals surface area (Å²) in [6.45, 7) is 9.13. The first-order valence-corrected chi connectivity index (χ1v) is 5.50. The molecule has 4 heteroatoms. The van der Waals surface area contributed by atoms with Gasteiger partial charge in [0, 0.05) is 13.1 Å². The van der Waals surface area contributed by atoms with Crippen molar-refractivity contribution in [3.05, 3.63) is 0 Å². The molecule has 2 unspecified atom stereocenters. The van der Waals surface area contributed by atoms with Crippen LogP contribution in [0.3, 0.4) is 0 Å². The maximum Gasteiger partial charge on any atom is 0.307 e. The van der Waals surface area contributed by atoms with E-state index >= 15 is 0 Å². The smallest absolute Gasteiger partial charge is 0.307 e. The summed E-state index contributed by atoms with van der Waals surface area (Å²) < 4.78 is 0. The van der Waals surface area contributed by atoms with Gasteiger partial charge in [-0.1, -0.05) is 20.8 Å². The molecule has 0 aromatic carbocycles. The van der Waals surface area contributed by atoms with Gasteiger partial charge >= 0.3 is 5.97 Å². The fourth-order valence-corrected chi connectivity index (χ4v) is 1.36. The molecule has 2 atom stereocenters. The Kier molecular flexibility index (Phi) is 5.83. The van der Waals surface area contributed by atoms with Gasteiger partial charge in [0.1, 0.15) is 0 Å². The first kappa shape index (κ1) is 14.4. The molecule has 0 aliphatic heterocycles. The van der Waals surface area contributed by atoms with E-state index in [-0.39, 0.29) is 0 Å². The van der Waals surface area contributed by atoms with Crippen LogP contribution in [0, 0.1) is 5.92 Å². The summed E-state index contributed by atoms with van der Waals surface area (Å²) in [6.07, 6.45) is 0.672. The Labute approximate surface area is 91.9 Å². The molecular formula is C11H23NO3. The second kappa shape index (κ2) is 6.08. The van der Waals surface area contributed by atoms with Crippen molar-refractivity contribution in [3.8, 4) is 0 Å². The van der Waals surface area contributed by atoms with E-state index in [0.29, 0.717) is 19.5 Å². The van der Waals surface area contributed by atoms with Gasteiger partial charge in [0.2, 0.25) is 0 Å². The number of rotatable bonds is 7. The molecule has 0 spiro atoms. The molecule has 2 N–H and O–H groups in total. The summed E-state index contributed by atoms with van der Waals surface area (Å²) in [5.41, 5.74) is -0.728. The van der Waals surface area contributed by atoms with Crippen LogP contribution < -0.4 is 0 Å². The van der Waals surface area contributed by atoms with Crippen molar-refractivity contribution in [1.82, 2.24) is 4.90 Å². The highest BCUT2D eigenvalue weighted by Gasteiger charge is 2.23. The highest BCUT2D eigenvalue weighted by atomic mass is 16.4. The molecule has 0 aliphatic rings. The Balaban J connectivity index is 4.20. The number of likely N-dealkylation sites (N-methyl/N-ethyl adjacent to an activating group) is 1. The van der Waals surface area contributed by atoms with Crippen molar-refractivity contribution in [2.24, 2.45) is 5.92 Å². The van der Waals surface area contributed by atoms with Crippen LogP contribution in [-0.4, -0.2) is 46.3 Å². The van der Waals surface area contributed by atoms with Gasteiger partial charge in [0.05, 0.1) is 11.5 Å². The van der Waals surface area contributed by atoms with Crippen molar-refractivity contribution in [1.29, 1.82) is 0 Å². The van der Waals surface area contributed by atoms with E-state index in [0.717, 1.165) is 6.54 Å². The topological polar surface area (TPSA) is 60.8 Å². The molecule has 90 valence electrons. The monoisotopic (exact) mass is 217 g/mol. The maximum atomic E-state index is 10.7. The van der Waals surface area contributed by atoms with E-state index in [1.807, 2.05) is 18.7 Å². The molecule has 0 amide bonds. The zero-order chi connectivity index (χ0) is 12.1. The van der Waals surface area contributed by atoms with E-state index in [4.69, 9.17) is 5.11 Å². The predicted molar refractivity (Wildman–Crippen MR) is 59.8 cm³/mol. The first-order valence-electron chi connectivity index (χ1n) is 5.50. The quantitative estimate of drug-likeness (QED) is 0.672. The number of aliphatic carboxylic acids is 1. The van der Waals surface area contributed by atoms with Gasteiger partial charge in [-0.15, -0.1) is 0 Å². The summed E-state index contributed by atoms with van der Waals surface area (Å²) in [4.78, 5) is 12.7. The van der Waals surface area contributed by atoms with Crippen LogP contribution in [0.1, 0.15) is 34.1 Å². The molecular weight excluding hydrogens is 194 g/mol. The molecule has 0 saturated heterocycles. The number of hydrogen-bond acceptors (Lipinski definition) is 3. The van der Waals surface area contributed by atoms with Gasteiger partial charge in [-0.05, 0) is 19.9 Å². The minimum atomic E-state index is -0.787. The summed E-state index contributed by atoms with van der Waals surface area (Å²) in [6, 6.07) is 0. The molecule has 0 saturated carbocycles. The summed E-state index contributed by atoms with van der Waals surface area (Å²) in [5, 5.41) is 18.7. The summed E-state index contributed by atoms with van der Waals surface area (Å²) in [7, 11) is 0. The van der Waals surface area contributed by atoms with Gasteiger partial charge in [0.25, 0.3) is 0 Å². The van der Waals surface area contributed by atoms with Crippen molar-refractivity contribution >= 4 is 5.97 Å². The number of carbonyl (C=O) groups is 1. The standard InChI is InChI=1S/C11H23NO3/c1-5-11(4,15)8-12(6-2)7-9(3)10(13)14/h9,15H,5-8H2,1-4H3,(H,13,14). The van der Waals surface area contributed by atoms with Crippen LogP contribution in [0.15, 0.2) is 0 Å². The molecule has 0 bridgehead atoms. The van der Waals surface area contributed by atoms with E-state index in [9.17, 15) is 9.90 Å². The lowest BCUT2D eigenvalue weighted by Gasteiger charge is -2.31. The number of carboxylic acids is 1. The Morgan fingerprint density at radius 3 is 2.33 bits per heavy atom. The molecule has 0 aliphatic carbocycles. The summed E-state index contributed by atoms with van der Waals surface area (Å²) >= 11 is 0. The average Bonchev–Trinajstić information content (AvgIpc) is 2.16. The van der Waals surface area contributed by atoms with E-state index in [1.165, 1.54) is 0 Å². The molecule has 0 fully saturated rings. The van der Waals surface area contributed by atoms with Gasteiger partial charge in [0.15, 0.2) is 0 Å². The van der Waals surface area contributed by atoms with Gasteiger partial charge in [-0.25, -0.2) is 0 Å². The zero-order valence-corrected chi connectivity index (χ0v) is 10.2. The van der Waals surface area contributed by atoms with Crippen molar-refractivity contribution < 1.29 is 15.0 Å². The average molecular weight is 217 g/mol.